The van der Waals surface area contributed by atoms with Gasteiger partial charge in [-0.05, 0) is 107 Å². The molecule has 3 fully saturated rings. The molecule has 12 rings (SSSR count). The lowest BCUT2D eigenvalue weighted by molar-refractivity contribution is -0.163. The summed E-state index contributed by atoms with van der Waals surface area (Å²) in [5.74, 6) is -0.392. The Kier molecular flexibility index (Phi) is 13.0. The zero-order valence-electron chi connectivity index (χ0n) is 38.9. The van der Waals surface area contributed by atoms with Crippen LogP contribution in [0.2, 0.25) is 0 Å². The predicted molar refractivity (Wildman–Crippen MR) is 276 cm³/mol. The first-order valence-electron chi connectivity index (χ1n) is 24.1. The number of hydrogen-bond acceptors (Lipinski definition) is 15. The number of esters is 3. The molecule has 9 aromatic rings. The van der Waals surface area contributed by atoms with E-state index in [0.717, 1.165) is 45.0 Å². The van der Waals surface area contributed by atoms with Crippen LogP contribution in [-0.4, -0.2) is 98.8 Å². The standard InChI is InChI=1S/C54H47N9O6S3/c64-49(27-70-52-58-55-30-61(52)46-22-19-37(33-13-14-33)40-7-1-4-10-43(40)46)67-25-36(69-51(66)29-72-54-60-57-32-63(54)48-24-21-39(35-17-18-35)42-9-3-6-12-45(42)48)26-68-50(65)28-71-53-59-56-31-62(53)47-23-20-38(34-15-16-34)41-8-2-5-11-44(41)47/h1-12,19-24,30-36H,13-18,25-29H2. The second-order valence-corrected chi connectivity index (χ2v) is 21.1. The maximum atomic E-state index is 13.6. The summed E-state index contributed by atoms with van der Waals surface area (Å²) >= 11 is 3.53. The number of carbonyl (C=O) groups excluding carboxylic acids is 3. The molecule has 0 atom stereocenters. The molecule has 0 radical (unpaired) electrons. The van der Waals surface area contributed by atoms with Crippen LogP contribution in [0.3, 0.4) is 0 Å². The summed E-state index contributed by atoms with van der Waals surface area (Å²) in [5, 5.41) is 33.8. The molecule has 15 nitrogen and oxygen atoms in total. The zero-order valence-corrected chi connectivity index (χ0v) is 41.4. The summed E-state index contributed by atoms with van der Waals surface area (Å²) in [5.41, 5.74) is 6.74. The van der Waals surface area contributed by atoms with Crippen molar-refractivity contribution in [2.45, 2.75) is 77.9 Å². The monoisotopic (exact) mass is 1010 g/mol. The fourth-order valence-corrected chi connectivity index (χ4v) is 11.6. The van der Waals surface area contributed by atoms with Crippen LogP contribution in [0.1, 0.15) is 73.0 Å². The molecule has 72 heavy (non-hydrogen) atoms. The van der Waals surface area contributed by atoms with E-state index >= 15 is 0 Å². The van der Waals surface area contributed by atoms with Gasteiger partial charge in [-0.3, -0.25) is 28.1 Å². The van der Waals surface area contributed by atoms with Gasteiger partial charge in [-0.1, -0.05) is 126 Å². The first-order valence-corrected chi connectivity index (χ1v) is 27.0. The molecular weight excluding hydrogens is 967 g/mol. The molecule has 362 valence electrons. The van der Waals surface area contributed by atoms with E-state index in [2.05, 4.69) is 103 Å². The summed E-state index contributed by atoms with van der Waals surface area (Å²) in [6, 6.07) is 37.6. The van der Waals surface area contributed by atoms with E-state index in [-0.39, 0.29) is 30.5 Å². The summed E-state index contributed by atoms with van der Waals surface area (Å²) in [4.78, 5) is 40.4. The van der Waals surface area contributed by atoms with Crippen molar-refractivity contribution in [1.82, 2.24) is 44.3 Å². The van der Waals surface area contributed by atoms with Gasteiger partial charge in [0.05, 0.1) is 34.3 Å². The maximum Gasteiger partial charge on any atom is 0.316 e. The molecule has 3 aromatic heterocycles. The fraction of sp³-hybridized carbons (Fsp3) is 0.278. The van der Waals surface area contributed by atoms with E-state index in [1.165, 1.54) is 94.9 Å². The van der Waals surface area contributed by atoms with Crippen molar-refractivity contribution in [1.29, 1.82) is 0 Å². The van der Waals surface area contributed by atoms with Crippen LogP contribution in [-0.2, 0) is 28.6 Å². The van der Waals surface area contributed by atoms with Crippen molar-refractivity contribution in [3.8, 4) is 17.1 Å². The highest BCUT2D eigenvalue weighted by atomic mass is 32.2. The Balaban J connectivity index is 0.711. The first kappa shape index (κ1) is 46.1. The smallest absolute Gasteiger partial charge is 0.316 e. The molecule has 3 aliphatic carbocycles. The second kappa shape index (κ2) is 20.2. The normalized spacial score (nSPS) is 14.6. The molecule has 0 saturated heterocycles. The third-order valence-corrected chi connectivity index (χ3v) is 16.0. The quantitative estimate of drug-likeness (QED) is 0.0401. The van der Waals surface area contributed by atoms with E-state index in [0.29, 0.717) is 33.2 Å². The number of nitrogens with zero attached hydrogens (tertiary/aromatic N) is 9. The molecule has 0 spiro atoms. The summed E-state index contributed by atoms with van der Waals surface area (Å²) in [6.07, 6.45) is 10.9. The van der Waals surface area contributed by atoms with Crippen molar-refractivity contribution in [2.75, 3.05) is 30.5 Å². The van der Waals surface area contributed by atoms with E-state index in [1.807, 2.05) is 50.1 Å². The lowest BCUT2D eigenvalue weighted by Gasteiger charge is -2.18. The third kappa shape index (κ3) is 9.82. The number of benzene rings is 6. The molecule has 0 amide bonds. The van der Waals surface area contributed by atoms with E-state index in [1.54, 1.807) is 19.0 Å². The zero-order chi connectivity index (χ0) is 48.5. The Morgan fingerprint density at radius 3 is 1.10 bits per heavy atom. The van der Waals surface area contributed by atoms with Crippen LogP contribution < -0.4 is 0 Å². The molecule has 3 saturated carbocycles. The lowest BCUT2D eigenvalue weighted by Crippen LogP contribution is -2.32. The van der Waals surface area contributed by atoms with Gasteiger partial charge in [0.15, 0.2) is 21.6 Å². The van der Waals surface area contributed by atoms with E-state index in [9.17, 15) is 14.4 Å². The number of hydrogen-bond donors (Lipinski definition) is 0. The van der Waals surface area contributed by atoms with Gasteiger partial charge in [-0.15, -0.1) is 30.6 Å². The molecule has 3 aliphatic rings. The number of rotatable bonds is 20. The highest BCUT2D eigenvalue weighted by Gasteiger charge is 2.29. The second-order valence-electron chi connectivity index (χ2n) is 18.3. The molecule has 18 heteroatoms. The lowest BCUT2D eigenvalue weighted by atomic mass is 9.99. The van der Waals surface area contributed by atoms with Crippen LogP contribution >= 0.6 is 35.3 Å². The number of ether oxygens (including phenoxy) is 3. The molecule has 0 aliphatic heterocycles. The van der Waals surface area contributed by atoms with Crippen LogP contribution in [0.15, 0.2) is 144 Å². The number of carbonyl (C=O) groups is 3. The first-order chi connectivity index (χ1) is 35.4. The fourth-order valence-electron chi connectivity index (χ4n) is 9.43. The number of thioether (sulfide) groups is 3. The van der Waals surface area contributed by atoms with Crippen LogP contribution in [0.25, 0.3) is 49.4 Å². The van der Waals surface area contributed by atoms with Crippen molar-refractivity contribution in [2.24, 2.45) is 0 Å². The maximum absolute atomic E-state index is 13.6. The SMILES string of the molecule is O=C(CSc1nncn1-c1ccc(C2CC2)c2ccccc12)OCC(COC(=O)CSc1nncn1-c1ccc(C2CC2)c2ccccc12)OC(=O)CSc1nncn1-c1ccc(C2CC2)c2ccccc12. The molecule has 0 bridgehead atoms. The summed E-state index contributed by atoms with van der Waals surface area (Å²) in [7, 11) is 0. The van der Waals surface area contributed by atoms with Crippen molar-refractivity contribution in [3.63, 3.8) is 0 Å². The third-order valence-electron chi connectivity index (χ3n) is 13.3. The number of aromatic nitrogens is 9. The largest absolute Gasteiger partial charge is 0.461 e. The van der Waals surface area contributed by atoms with Crippen LogP contribution in [0.5, 0.6) is 0 Å². The molecule has 0 unspecified atom stereocenters. The molecule has 6 aromatic carbocycles. The van der Waals surface area contributed by atoms with Gasteiger partial charge in [-0.25, -0.2) is 0 Å². The topological polar surface area (TPSA) is 171 Å². The summed E-state index contributed by atoms with van der Waals surface area (Å²) in [6.45, 7) is -0.714. The molecule has 3 heterocycles. The van der Waals surface area contributed by atoms with E-state index < -0.39 is 24.0 Å². The van der Waals surface area contributed by atoms with Crippen molar-refractivity contribution < 1.29 is 28.6 Å². The predicted octanol–water partition coefficient (Wildman–Crippen LogP) is 10.2. The minimum Gasteiger partial charge on any atom is -0.461 e. The van der Waals surface area contributed by atoms with Gasteiger partial charge >= 0.3 is 17.9 Å². The van der Waals surface area contributed by atoms with Gasteiger partial charge < -0.3 is 14.2 Å². The highest BCUT2D eigenvalue weighted by Crippen LogP contribution is 2.46. The average molecular weight is 1010 g/mol. The van der Waals surface area contributed by atoms with Gasteiger partial charge in [0.2, 0.25) is 0 Å². The molecular formula is C54H47N9O6S3. The Morgan fingerprint density at radius 1 is 0.444 bits per heavy atom. The Labute approximate surface area is 426 Å². The Bertz CT molecular complexity index is 3360. The van der Waals surface area contributed by atoms with Crippen LogP contribution in [0, 0.1) is 0 Å². The minimum absolute atomic E-state index is 0.102. The van der Waals surface area contributed by atoms with Gasteiger partial charge in [0, 0.05) is 16.2 Å². The Morgan fingerprint density at radius 2 is 0.764 bits per heavy atom. The van der Waals surface area contributed by atoms with Gasteiger partial charge in [0.1, 0.15) is 32.2 Å². The Hall–Kier alpha value is -7.02. The van der Waals surface area contributed by atoms with Crippen LogP contribution in [0.4, 0.5) is 0 Å². The highest BCUT2D eigenvalue weighted by molar-refractivity contribution is 8.00. The minimum atomic E-state index is -1.11. The van der Waals surface area contributed by atoms with Crippen molar-refractivity contribution >= 4 is 85.5 Å². The van der Waals surface area contributed by atoms with Gasteiger partial charge in [0.25, 0.3) is 0 Å². The average Bonchev–Trinajstić information content (AvgIpc) is 4.39. The van der Waals surface area contributed by atoms with E-state index in [4.69, 9.17) is 14.2 Å². The molecule has 0 N–H and O–H groups in total. The summed E-state index contributed by atoms with van der Waals surface area (Å²) < 4.78 is 22.9. The van der Waals surface area contributed by atoms with Gasteiger partial charge in [-0.2, -0.15) is 0 Å². The van der Waals surface area contributed by atoms with Crippen molar-refractivity contribution in [3.05, 3.63) is 145 Å². The number of fused-ring (bicyclic) bond motifs is 3.